The Labute approximate surface area is 123 Å². The second-order valence-corrected chi connectivity index (χ2v) is 5.91. The Bertz CT molecular complexity index is 510. The number of nitrogens with one attached hydrogen (secondary N) is 1. The van der Waals surface area contributed by atoms with Gasteiger partial charge in [0, 0.05) is 17.2 Å². The molecule has 0 saturated heterocycles. The molecular formula is C12H13BrIN3. The van der Waals surface area contributed by atoms with Gasteiger partial charge in [0.15, 0.2) is 0 Å². The molecule has 1 aromatic heterocycles. The second-order valence-electron chi connectivity index (χ2n) is 3.81. The SMILES string of the molecule is CNCc1ccc(Cn2cc(I)cn2)c(Br)c1. The largest absolute Gasteiger partial charge is 0.316 e. The molecule has 0 unspecified atom stereocenters. The van der Waals surface area contributed by atoms with Gasteiger partial charge >= 0.3 is 0 Å². The van der Waals surface area contributed by atoms with Crippen molar-refractivity contribution < 1.29 is 0 Å². The maximum atomic E-state index is 4.29. The van der Waals surface area contributed by atoms with Crippen molar-refractivity contribution in [3.63, 3.8) is 0 Å². The van der Waals surface area contributed by atoms with E-state index in [1.54, 1.807) is 0 Å². The van der Waals surface area contributed by atoms with Gasteiger partial charge in [-0.1, -0.05) is 28.1 Å². The number of aromatic nitrogens is 2. The van der Waals surface area contributed by atoms with E-state index in [1.165, 1.54) is 11.1 Å². The Morgan fingerprint density at radius 2 is 2.29 bits per heavy atom. The number of benzene rings is 1. The molecule has 0 fully saturated rings. The molecule has 17 heavy (non-hydrogen) atoms. The van der Waals surface area contributed by atoms with Crippen molar-refractivity contribution in [2.45, 2.75) is 13.1 Å². The smallest absolute Gasteiger partial charge is 0.0670 e. The number of rotatable bonds is 4. The Hall–Kier alpha value is -0.400. The highest BCUT2D eigenvalue weighted by Gasteiger charge is 2.03. The summed E-state index contributed by atoms with van der Waals surface area (Å²) in [4.78, 5) is 0. The maximum Gasteiger partial charge on any atom is 0.0670 e. The maximum absolute atomic E-state index is 4.29. The van der Waals surface area contributed by atoms with E-state index in [4.69, 9.17) is 0 Å². The molecule has 0 atom stereocenters. The summed E-state index contributed by atoms with van der Waals surface area (Å²) < 4.78 is 4.24. The molecule has 0 aliphatic heterocycles. The van der Waals surface area contributed by atoms with Crippen LogP contribution in [0.15, 0.2) is 35.1 Å². The first-order chi connectivity index (χ1) is 8.19. The van der Waals surface area contributed by atoms with Crippen molar-refractivity contribution in [2.75, 3.05) is 7.05 Å². The van der Waals surface area contributed by atoms with E-state index >= 15 is 0 Å². The molecule has 0 radical (unpaired) electrons. The first-order valence-electron chi connectivity index (χ1n) is 5.29. The van der Waals surface area contributed by atoms with Gasteiger partial charge in [0.05, 0.1) is 16.3 Å². The fourth-order valence-electron chi connectivity index (χ4n) is 1.63. The predicted octanol–water partition coefficient (Wildman–Crippen LogP) is 3.02. The fourth-order valence-corrected chi connectivity index (χ4v) is 2.63. The predicted molar refractivity (Wildman–Crippen MR) is 81.0 cm³/mol. The Morgan fingerprint density at radius 3 is 2.88 bits per heavy atom. The van der Waals surface area contributed by atoms with Gasteiger partial charge in [-0.2, -0.15) is 5.10 Å². The van der Waals surface area contributed by atoms with Crippen molar-refractivity contribution in [3.8, 4) is 0 Å². The molecular weight excluding hydrogens is 393 g/mol. The molecule has 0 amide bonds. The topological polar surface area (TPSA) is 29.9 Å². The van der Waals surface area contributed by atoms with Gasteiger partial charge < -0.3 is 5.32 Å². The normalized spacial score (nSPS) is 10.8. The highest BCUT2D eigenvalue weighted by molar-refractivity contribution is 14.1. The summed E-state index contributed by atoms with van der Waals surface area (Å²) >= 11 is 5.88. The zero-order chi connectivity index (χ0) is 12.3. The number of nitrogens with zero attached hydrogens (tertiary/aromatic N) is 2. The Morgan fingerprint density at radius 1 is 1.47 bits per heavy atom. The first-order valence-corrected chi connectivity index (χ1v) is 7.16. The number of halogens is 2. The Kier molecular flexibility index (Phi) is 4.58. The second kappa shape index (κ2) is 5.97. The lowest BCUT2D eigenvalue weighted by molar-refractivity contribution is 0.684. The lowest BCUT2D eigenvalue weighted by atomic mass is 10.1. The first kappa shape index (κ1) is 13.0. The fraction of sp³-hybridized carbons (Fsp3) is 0.250. The van der Waals surface area contributed by atoms with Gasteiger partial charge in [0.25, 0.3) is 0 Å². The summed E-state index contributed by atoms with van der Waals surface area (Å²) in [6.07, 6.45) is 3.90. The van der Waals surface area contributed by atoms with Crippen LogP contribution < -0.4 is 5.32 Å². The van der Waals surface area contributed by atoms with Gasteiger partial charge in [-0.15, -0.1) is 0 Å². The molecule has 0 saturated carbocycles. The van der Waals surface area contributed by atoms with Crippen LogP contribution in [-0.2, 0) is 13.1 Å². The minimum absolute atomic E-state index is 0.795. The summed E-state index contributed by atoms with van der Waals surface area (Å²) in [5.74, 6) is 0. The van der Waals surface area contributed by atoms with E-state index in [1.807, 2.05) is 24.1 Å². The third kappa shape index (κ3) is 3.53. The molecule has 5 heteroatoms. The molecule has 2 rings (SSSR count). The molecule has 90 valence electrons. The van der Waals surface area contributed by atoms with Crippen molar-refractivity contribution in [2.24, 2.45) is 0 Å². The summed E-state index contributed by atoms with van der Waals surface area (Å²) in [6, 6.07) is 6.44. The molecule has 1 heterocycles. The van der Waals surface area contributed by atoms with E-state index in [2.05, 4.69) is 67.1 Å². The molecule has 3 nitrogen and oxygen atoms in total. The van der Waals surface area contributed by atoms with Crippen molar-refractivity contribution in [1.82, 2.24) is 15.1 Å². The van der Waals surface area contributed by atoms with Gasteiger partial charge in [-0.3, -0.25) is 4.68 Å². The minimum Gasteiger partial charge on any atom is -0.316 e. The van der Waals surface area contributed by atoms with Crippen LogP contribution >= 0.6 is 38.5 Å². The van der Waals surface area contributed by atoms with Crippen LogP contribution in [0.3, 0.4) is 0 Å². The van der Waals surface area contributed by atoms with E-state index in [9.17, 15) is 0 Å². The summed E-state index contributed by atoms with van der Waals surface area (Å²) in [7, 11) is 1.95. The summed E-state index contributed by atoms with van der Waals surface area (Å²) in [5.41, 5.74) is 2.52. The summed E-state index contributed by atoms with van der Waals surface area (Å²) in [5, 5.41) is 7.43. The monoisotopic (exact) mass is 405 g/mol. The Balaban J connectivity index is 2.16. The van der Waals surface area contributed by atoms with Crippen LogP contribution in [0.25, 0.3) is 0 Å². The van der Waals surface area contributed by atoms with E-state index in [0.29, 0.717) is 0 Å². The van der Waals surface area contributed by atoms with E-state index < -0.39 is 0 Å². The molecule has 2 aromatic rings. The van der Waals surface area contributed by atoms with Crippen LogP contribution in [-0.4, -0.2) is 16.8 Å². The van der Waals surface area contributed by atoms with Gasteiger partial charge in [-0.05, 0) is 46.8 Å². The van der Waals surface area contributed by atoms with Gasteiger partial charge in [0.2, 0.25) is 0 Å². The molecule has 0 aliphatic rings. The number of hydrogen-bond donors (Lipinski definition) is 1. The molecule has 0 spiro atoms. The van der Waals surface area contributed by atoms with Crippen LogP contribution in [0.5, 0.6) is 0 Å². The van der Waals surface area contributed by atoms with Crippen LogP contribution in [0, 0.1) is 3.57 Å². The van der Waals surface area contributed by atoms with Crippen LogP contribution in [0.1, 0.15) is 11.1 Å². The van der Waals surface area contributed by atoms with Gasteiger partial charge in [-0.25, -0.2) is 0 Å². The molecule has 1 aromatic carbocycles. The molecule has 1 N–H and O–H groups in total. The highest BCUT2D eigenvalue weighted by Crippen LogP contribution is 2.20. The van der Waals surface area contributed by atoms with Gasteiger partial charge in [0.1, 0.15) is 0 Å². The van der Waals surface area contributed by atoms with Crippen LogP contribution in [0.4, 0.5) is 0 Å². The minimum atomic E-state index is 0.795. The van der Waals surface area contributed by atoms with Crippen molar-refractivity contribution in [1.29, 1.82) is 0 Å². The zero-order valence-corrected chi connectivity index (χ0v) is 13.2. The quantitative estimate of drug-likeness (QED) is 0.792. The number of hydrogen-bond acceptors (Lipinski definition) is 2. The molecule has 0 bridgehead atoms. The van der Waals surface area contributed by atoms with E-state index in [-0.39, 0.29) is 0 Å². The lowest BCUT2D eigenvalue weighted by Crippen LogP contribution is -2.06. The van der Waals surface area contributed by atoms with Crippen LogP contribution in [0.2, 0.25) is 0 Å². The van der Waals surface area contributed by atoms with Crippen molar-refractivity contribution >= 4 is 38.5 Å². The van der Waals surface area contributed by atoms with Crippen molar-refractivity contribution in [3.05, 3.63) is 49.8 Å². The van der Waals surface area contributed by atoms with E-state index in [0.717, 1.165) is 21.1 Å². The average Bonchev–Trinajstić information content (AvgIpc) is 2.69. The summed E-state index contributed by atoms with van der Waals surface area (Å²) in [6.45, 7) is 1.68. The zero-order valence-electron chi connectivity index (χ0n) is 9.45. The third-order valence-electron chi connectivity index (χ3n) is 2.43. The standard InChI is InChI=1S/C12H13BrIN3/c1-15-5-9-2-3-10(12(13)4-9)7-17-8-11(14)6-16-17/h2-4,6,8,15H,5,7H2,1H3. The third-order valence-corrected chi connectivity index (χ3v) is 3.73. The lowest BCUT2D eigenvalue weighted by Gasteiger charge is -2.07. The molecule has 0 aliphatic carbocycles. The highest BCUT2D eigenvalue weighted by atomic mass is 127. The average molecular weight is 406 g/mol.